The van der Waals surface area contributed by atoms with Crippen LogP contribution < -0.4 is 4.74 Å². The number of Topliss-reactive ketones (excluding diaryl/α,β-unsaturated/α-hetero) is 2. The second kappa shape index (κ2) is 6.41. The van der Waals surface area contributed by atoms with Gasteiger partial charge in [0.1, 0.15) is 16.9 Å². The van der Waals surface area contributed by atoms with E-state index in [1.807, 2.05) is 41.1 Å². The van der Waals surface area contributed by atoms with Crippen molar-refractivity contribution in [2.45, 2.75) is 44.6 Å². The van der Waals surface area contributed by atoms with E-state index in [0.29, 0.717) is 18.5 Å². The number of rotatable bonds is 3. The van der Waals surface area contributed by atoms with Crippen LogP contribution in [0.15, 0.2) is 42.1 Å². The molecule has 0 bridgehead atoms. The number of ether oxygens (including phenoxy) is 1. The zero-order chi connectivity index (χ0) is 19.2. The Morgan fingerprint density at radius 3 is 2.37 bits per heavy atom. The number of benzene rings is 1. The van der Waals surface area contributed by atoms with Crippen molar-refractivity contribution in [1.82, 2.24) is 4.57 Å². The minimum atomic E-state index is -0.758. The first kappa shape index (κ1) is 17.6. The predicted octanol–water partition coefficient (Wildman–Crippen LogP) is 4.26. The lowest BCUT2D eigenvalue weighted by molar-refractivity contribution is -0.128. The van der Waals surface area contributed by atoms with E-state index in [0.717, 1.165) is 36.1 Å². The Bertz CT molecular complexity index is 943. The molecule has 1 aliphatic carbocycles. The van der Waals surface area contributed by atoms with Gasteiger partial charge >= 0.3 is 0 Å². The third-order valence-electron chi connectivity index (χ3n) is 5.89. The smallest absolute Gasteiger partial charge is 0.196 e. The summed E-state index contributed by atoms with van der Waals surface area (Å²) in [5.74, 6) is -0.0818. The highest BCUT2D eigenvalue weighted by atomic mass is 16.5. The van der Waals surface area contributed by atoms with Crippen molar-refractivity contribution in [2.24, 2.45) is 0 Å². The van der Waals surface area contributed by atoms with Gasteiger partial charge in [-0.2, -0.15) is 0 Å². The van der Waals surface area contributed by atoms with Gasteiger partial charge in [-0.1, -0.05) is 31.4 Å². The van der Waals surface area contributed by atoms with Crippen molar-refractivity contribution in [3.05, 3.63) is 47.8 Å². The molecule has 0 unspecified atom stereocenters. The van der Waals surface area contributed by atoms with Gasteiger partial charge < -0.3 is 14.4 Å². The van der Waals surface area contributed by atoms with Crippen LogP contribution in [0.5, 0.6) is 5.75 Å². The topological polar surface area (TPSA) is 68.5 Å². The molecule has 0 amide bonds. The van der Waals surface area contributed by atoms with Gasteiger partial charge in [-0.05, 0) is 43.5 Å². The van der Waals surface area contributed by atoms with Crippen LogP contribution in [-0.2, 0) is 15.1 Å². The van der Waals surface area contributed by atoms with E-state index in [1.54, 1.807) is 7.11 Å². The number of carbonyl (C=O) groups is 2. The summed E-state index contributed by atoms with van der Waals surface area (Å²) in [4.78, 5) is 25.5. The number of aromatic nitrogens is 1. The van der Waals surface area contributed by atoms with Gasteiger partial charge in [0.15, 0.2) is 17.3 Å². The number of aliphatic hydroxyl groups excluding tert-OH is 1. The third-order valence-corrected chi connectivity index (χ3v) is 5.89. The predicted molar refractivity (Wildman–Crippen MR) is 103 cm³/mol. The third kappa shape index (κ3) is 2.52. The van der Waals surface area contributed by atoms with Crippen LogP contribution in [0.4, 0.5) is 0 Å². The average molecular weight is 365 g/mol. The Morgan fingerprint density at radius 1 is 1.11 bits per heavy atom. The molecule has 2 aromatic rings. The number of hydrogen-bond donors (Lipinski definition) is 1. The van der Waals surface area contributed by atoms with Gasteiger partial charge in [-0.3, -0.25) is 9.59 Å². The summed E-state index contributed by atoms with van der Waals surface area (Å²) in [5, 5.41) is 10.9. The van der Waals surface area contributed by atoms with Crippen molar-refractivity contribution in [3.8, 4) is 16.9 Å². The zero-order valence-electron chi connectivity index (χ0n) is 15.6. The summed E-state index contributed by atoms with van der Waals surface area (Å²) >= 11 is 0. The van der Waals surface area contributed by atoms with Crippen LogP contribution in [0, 0.1) is 0 Å². The SMILES string of the molecule is COc1ccc(-c2ccn3c2C(O)=C(C(C)=O)C(=O)C32CCCCC2)cc1. The van der Waals surface area contributed by atoms with Crippen LogP contribution in [0.2, 0.25) is 0 Å². The average Bonchev–Trinajstić information content (AvgIpc) is 3.13. The van der Waals surface area contributed by atoms with Gasteiger partial charge in [0.05, 0.1) is 12.8 Å². The normalized spacial score (nSPS) is 18.5. The van der Waals surface area contributed by atoms with E-state index in [1.165, 1.54) is 6.92 Å². The summed E-state index contributed by atoms with van der Waals surface area (Å²) in [7, 11) is 1.61. The Balaban J connectivity index is 1.95. The summed E-state index contributed by atoms with van der Waals surface area (Å²) in [6, 6.07) is 9.46. The number of nitrogens with zero attached hydrogens (tertiary/aromatic N) is 1. The van der Waals surface area contributed by atoms with E-state index in [9.17, 15) is 14.7 Å². The standard InChI is InChI=1S/C22H23NO4/c1-14(24)18-20(25)19-17(15-6-8-16(27-2)9-7-15)10-13-23(19)22(21(18)26)11-4-3-5-12-22/h6-10,13,25H,3-5,11-12H2,1-2H3. The Kier molecular flexibility index (Phi) is 4.17. The van der Waals surface area contributed by atoms with Gasteiger partial charge in [0.25, 0.3) is 0 Å². The molecule has 2 heterocycles. The van der Waals surface area contributed by atoms with Gasteiger partial charge in [0.2, 0.25) is 0 Å². The van der Waals surface area contributed by atoms with Crippen molar-refractivity contribution in [2.75, 3.05) is 7.11 Å². The van der Waals surface area contributed by atoms with Crippen molar-refractivity contribution >= 4 is 17.3 Å². The first-order valence-corrected chi connectivity index (χ1v) is 9.35. The monoisotopic (exact) mass is 365 g/mol. The van der Waals surface area contributed by atoms with Crippen LogP contribution in [0.25, 0.3) is 16.9 Å². The second-order valence-corrected chi connectivity index (χ2v) is 7.38. The molecule has 140 valence electrons. The maximum Gasteiger partial charge on any atom is 0.196 e. The first-order chi connectivity index (χ1) is 13.0. The Labute approximate surface area is 158 Å². The lowest BCUT2D eigenvalue weighted by atomic mass is 9.73. The van der Waals surface area contributed by atoms with Crippen molar-refractivity contribution < 1.29 is 19.4 Å². The minimum Gasteiger partial charge on any atom is -0.505 e. The molecule has 27 heavy (non-hydrogen) atoms. The highest BCUT2D eigenvalue weighted by Gasteiger charge is 2.49. The molecule has 2 aliphatic rings. The number of hydrogen-bond acceptors (Lipinski definition) is 4. The van der Waals surface area contributed by atoms with E-state index >= 15 is 0 Å². The lowest BCUT2D eigenvalue weighted by Crippen LogP contribution is -2.48. The van der Waals surface area contributed by atoms with E-state index in [-0.39, 0.29) is 22.9 Å². The number of carbonyl (C=O) groups excluding carboxylic acids is 2. The molecule has 4 rings (SSSR count). The molecule has 1 aliphatic heterocycles. The highest BCUT2D eigenvalue weighted by Crippen LogP contribution is 2.46. The highest BCUT2D eigenvalue weighted by molar-refractivity contribution is 6.27. The molecule has 1 aromatic heterocycles. The fourth-order valence-corrected chi connectivity index (χ4v) is 4.53. The zero-order valence-corrected chi connectivity index (χ0v) is 15.6. The molecule has 5 heteroatoms. The Hall–Kier alpha value is -2.82. The minimum absolute atomic E-state index is 0.0575. The lowest BCUT2D eigenvalue weighted by Gasteiger charge is -2.41. The van der Waals surface area contributed by atoms with Crippen molar-refractivity contribution in [1.29, 1.82) is 0 Å². The van der Waals surface area contributed by atoms with Crippen LogP contribution in [-0.4, -0.2) is 28.3 Å². The van der Waals surface area contributed by atoms with E-state index < -0.39 is 5.54 Å². The number of allylic oxidation sites excluding steroid dienone is 1. The summed E-state index contributed by atoms with van der Waals surface area (Å²) in [6.45, 7) is 1.35. The maximum atomic E-state index is 13.3. The van der Waals surface area contributed by atoms with Gasteiger partial charge in [0, 0.05) is 11.8 Å². The molecular weight excluding hydrogens is 342 g/mol. The fourth-order valence-electron chi connectivity index (χ4n) is 4.53. The second-order valence-electron chi connectivity index (χ2n) is 7.38. The molecule has 0 saturated heterocycles. The summed E-state index contributed by atoms with van der Waals surface area (Å²) < 4.78 is 7.13. The van der Waals surface area contributed by atoms with Crippen LogP contribution >= 0.6 is 0 Å². The van der Waals surface area contributed by atoms with Crippen LogP contribution in [0.1, 0.15) is 44.7 Å². The summed E-state index contributed by atoms with van der Waals surface area (Å²) in [6.07, 6.45) is 6.23. The molecule has 0 atom stereocenters. The number of aliphatic hydroxyl groups is 1. The molecule has 5 nitrogen and oxygen atoms in total. The molecule has 1 spiro atoms. The fraction of sp³-hybridized carbons (Fsp3) is 0.364. The number of ketones is 2. The van der Waals surface area contributed by atoms with Gasteiger partial charge in [-0.15, -0.1) is 0 Å². The summed E-state index contributed by atoms with van der Waals surface area (Å²) in [5.41, 5.74) is 1.46. The van der Waals surface area contributed by atoms with E-state index in [4.69, 9.17) is 4.74 Å². The Morgan fingerprint density at radius 2 is 1.78 bits per heavy atom. The molecule has 1 saturated carbocycles. The molecule has 1 N–H and O–H groups in total. The quantitative estimate of drug-likeness (QED) is 0.825. The molecule has 1 aromatic carbocycles. The number of fused-ring (bicyclic) bond motifs is 2. The van der Waals surface area contributed by atoms with Crippen molar-refractivity contribution in [3.63, 3.8) is 0 Å². The van der Waals surface area contributed by atoms with Crippen LogP contribution in [0.3, 0.4) is 0 Å². The van der Waals surface area contributed by atoms with E-state index in [2.05, 4.69) is 0 Å². The first-order valence-electron chi connectivity index (χ1n) is 9.35. The number of methoxy groups -OCH3 is 1. The molecule has 0 radical (unpaired) electrons. The molecule has 1 fully saturated rings. The molecular formula is C22H23NO4. The largest absolute Gasteiger partial charge is 0.505 e. The van der Waals surface area contributed by atoms with Gasteiger partial charge in [-0.25, -0.2) is 0 Å². The maximum absolute atomic E-state index is 13.3.